The van der Waals surface area contributed by atoms with Gasteiger partial charge in [0.1, 0.15) is 0 Å². The summed E-state index contributed by atoms with van der Waals surface area (Å²) in [6.45, 7) is 12.7. The predicted molar refractivity (Wildman–Crippen MR) is 51.4 cm³/mol. The third-order valence-electron chi connectivity index (χ3n) is 1.52. The highest BCUT2D eigenvalue weighted by molar-refractivity contribution is 5.21. The van der Waals surface area contributed by atoms with Gasteiger partial charge in [0.25, 0.3) is 0 Å². The molecule has 62 valence electrons. The molecule has 0 amide bonds. The maximum absolute atomic E-state index is 3.90. The van der Waals surface area contributed by atoms with Crippen LogP contribution in [0.5, 0.6) is 0 Å². The first-order valence-corrected chi connectivity index (χ1v) is 3.81. The second kappa shape index (κ2) is 4.78. The highest BCUT2D eigenvalue weighted by Crippen LogP contribution is 2.01. The molecular weight excluding hydrogens is 134 g/mol. The third-order valence-corrected chi connectivity index (χ3v) is 1.52. The van der Waals surface area contributed by atoms with E-state index in [9.17, 15) is 0 Å². The summed E-state index contributed by atoms with van der Waals surface area (Å²) in [5, 5.41) is 0. The van der Waals surface area contributed by atoms with E-state index in [4.69, 9.17) is 0 Å². The minimum Gasteiger partial charge on any atom is -0.375 e. The van der Waals surface area contributed by atoms with E-state index < -0.39 is 0 Å². The molecule has 0 aliphatic heterocycles. The molecule has 1 nitrogen and oxygen atoms in total. The van der Waals surface area contributed by atoms with E-state index in [2.05, 4.69) is 25.0 Å². The molecule has 0 aromatic heterocycles. The van der Waals surface area contributed by atoms with Crippen molar-refractivity contribution < 1.29 is 0 Å². The average Bonchev–Trinajstić information content (AvgIpc) is 1.98. The van der Waals surface area contributed by atoms with Gasteiger partial charge in [-0.25, -0.2) is 0 Å². The van der Waals surface area contributed by atoms with Gasteiger partial charge >= 0.3 is 0 Å². The van der Waals surface area contributed by atoms with E-state index in [1.807, 2.05) is 26.1 Å². The number of nitrogens with zero attached hydrogens (tertiary/aromatic N) is 1. The van der Waals surface area contributed by atoms with Crippen LogP contribution in [0.3, 0.4) is 0 Å². The maximum Gasteiger partial charge on any atom is 0.0290 e. The van der Waals surface area contributed by atoms with Gasteiger partial charge in [0.2, 0.25) is 0 Å². The van der Waals surface area contributed by atoms with E-state index >= 15 is 0 Å². The van der Waals surface area contributed by atoms with Crippen molar-refractivity contribution in [1.82, 2.24) is 4.90 Å². The third kappa shape index (κ3) is 4.43. The van der Waals surface area contributed by atoms with Crippen molar-refractivity contribution in [3.63, 3.8) is 0 Å². The van der Waals surface area contributed by atoms with Crippen molar-refractivity contribution in [3.8, 4) is 0 Å². The van der Waals surface area contributed by atoms with Gasteiger partial charge in [-0.05, 0) is 19.9 Å². The maximum atomic E-state index is 3.90. The van der Waals surface area contributed by atoms with Crippen LogP contribution in [0.4, 0.5) is 0 Å². The Morgan fingerprint density at radius 2 is 1.91 bits per heavy atom. The summed E-state index contributed by atoms with van der Waals surface area (Å²) in [5.41, 5.74) is 2.08. The van der Waals surface area contributed by atoms with E-state index in [0.717, 1.165) is 17.8 Å². The summed E-state index contributed by atoms with van der Waals surface area (Å²) >= 11 is 0. The normalized spacial score (nSPS) is 10.1. The first-order chi connectivity index (χ1) is 5.07. The number of likely N-dealkylation sites (N-methyl/N-ethyl adjacent to an activating group) is 1. The lowest BCUT2D eigenvalue weighted by Crippen LogP contribution is -2.14. The van der Waals surface area contributed by atoms with Crippen LogP contribution in [0, 0.1) is 0 Å². The van der Waals surface area contributed by atoms with Crippen LogP contribution in [0.1, 0.15) is 13.8 Å². The number of allylic oxidation sites excluding steroid dienone is 3. The SMILES string of the molecule is C=C(C)/C=C\C(=C)N(C)CC. The van der Waals surface area contributed by atoms with Crippen molar-refractivity contribution in [3.05, 3.63) is 36.6 Å². The molecule has 0 heterocycles. The van der Waals surface area contributed by atoms with Crippen LogP contribution < -0.4 is 0 Å². The first-order valence-electron chi connectivity index (χ1n) is 3.81. The number of hydrogen-bond donors (Lipinski definition) is 0. The average molecular weight is 151 g/mol. The molecule has 1 heteroatoms. The zero-order valence-corrected chi connectivity index (χ0v) is 7.72. The Balaban J connectivity index is 3.96. The highest BCUT2D eigenvalue weighted by Gasteiger charge is 1.91. The molecule has 0 aliphatic carbocycles. The Morgan fingerprint density at radius 1 is 1.36 bits per heavy atom. The van der Waals surface area contributed by atoms with Crippen LogP contribution >= 0.6 is 0 Å². The lowest BCUT2D eigenvalue weighted by atomic mass is 10.3. The zero-order valence-electron chi connectivity index (χ0n) is 7.72. The molecule has 0 bridgehead atoms. The molecule has 0 radical (unpaired) electrons. The van der Waals surface area contributed by atoms with Gasteiger partial charge in [0, 0.05) is 19.3 Å². The van der Waals surface area contributed by atoms with Gasteiger partial charge in [-0.3, -0.25) is 0 Å². The standard InChI is InChI=1S/C10H17N/c1-6-11(5)10(4)8-7-9(2)3/h7-8H,2,4,6H2,1,3,5H3/b8-7-. The van der Waals surface area contributed by atoms with Gasteiger partial charge in [-0.2, -0.15) is 0 Å². The Bertz CT molecular complexity index is 177. The second-order valence-electron chi connectivity index (χ2n) is 2.69. The summed E-state index contributed by atoms with van der Waals surface area (Å²) in [6.07, 6.45) is 3.94. The smallest absolute Gasteiger partial charge is 0.0290 e. The molecule has 0 aromatic rings. The van der Waals surface area contributed by atoms with Crippen LogP contribution in [-0.4, -0.2) is 18.5 Å². The van der Waals surface area contributed by atoms with Crippen molar-refractivity contribution in [2.45, 2.75) is 13.8 Å². The molecule has 11 heavy (non-hydrogen) atoms. The van der Waals surface area contributed by atoms with Crippen LogP contribution in [0.25, 0.3) is 0 Å². The molecule has 0 atom stereocenters. The van der Waals surface area contributed by atoms with Gasteiger partial charge in [0.15, 0.2) is 0 Å². The fraction of sp³-hybridized carbons (Fsp3) is 0.400. The monoisotopic (exact) mass is 151 g/mol. The largest absolute Gasteiger partial charge is 0.375 e. The van der Waals surface area contributed by atoms with Gasteiger partial charge < -0.3 is 4.90 Å². The van der Waals surface area contributed by atoms with E-state index in [0.29, 0.717) is 0 Å². The fourth-order valence-corrected chi connectivity index (χ4v) is 0.569. The molecule has 0 saturated heterocycles. The molecular formula is C10H17N. The van der Waals surface area contributed by atoms with E-state index in [1.54, 1.807) is 0 Å². The van der Waals surface area contributed by atoms with E-state index in [1.165, 1.54) is 0 Å². The van der Waals surface area contributed by atoms with Crippen LogP contribution in [0.15, 0.2) is 36.6 Å². The highest BCUT2D eigenvalue weighted by atomic mass is 15.1. The Morgan fingerprint density at radius 3 is 2.27 bits per heavy atom. The Hall–Kier alpha value is -0.980. The lowest BCUT2D eigenvalue weighted by Gasteiger charge is -2.15. The van der Waals surface area contributed by atoms with Crippen molar-refractivity contribution in [1.29, 1.82) is 0 Å². The fourth-order valence-electron chi connectivity index (χ4n) is 0.569. The molecule has 0 aromatic carbocycles. The van der Waals surface area contributed by atoms with Gasteiger partial charge in [-0.1, -0.05) is 24.8 Å². The van der Waals surface area contributed by atoms with Crippen LogP contribution in [0.2, 0.25) is 0 Å². The van der Waals surface area contributed by atoms with Gasteiger partial charge in [0.05, 0.1) is 0 Å². The molecule has 0 fully saturated rings. The Labute approximate surface area is 69.7 Å². The van der Waals surface area contributed by atoms with Crippen molar-refractivity contribution in [2.24, 2.45) is 0 Å². The molecule has 0 unspecified atom stereocenters. The minimum atomic E-state index is 0.985. The first kappa shape index (κ1) is 10.0. The van der Waals surface area contributed by atoms with Crippen molar-refractivity contribution in [2.75, 3.05) is 13.6 Å². The molecule has 0 N–H and O–H groups in total. The summed E-state index contributed by atoms with van der Waals surface area (Å²) in [4.78, 5) is 2.08. The topological polar surface area (TPSA) is 3.24 Å². The quantitative estimate of drug-likeness (QED) is 0.558. The number of hydrogen-bond acceptors (Lipinski definition) is 1. The molecule has 0 rings (SSSR count). The molecule has 0 aliphatic rings. The molecule has 0 spiro atoms. The Kier molecular flexibility index (Phi) is 4.35. The lowest BCUT2D eigenvalue weighted by molar-refractivity contribution is 0.458. The van der Waals surface area contributed by atoms with E-state index in [-0.39, 0.29) is 0 Å². The number of rotatable bonds is 4. The minimum absolute atomic E-state index is 0.985. The summed E-state index contributed by atoms with van der Waals surface area (Å²) in [6, 6.07) is 0. The second-order valence-corrected chi connectivity index (χ2v) is 2.69. The summed E-state index contributed by atoms with van der Waals surface area (Å²) < 4.78 is 0. The summed E-state index contributed by atoms with van der Waals surface area (Å²) in [7, 11) is 2.02. The molecule has 0 saturated carbocycles. The van der Waals surface area contributed by atoms with Crippen LogP contribution in [-0.2, 0) is 0 Å². The zero-order chi connectivity index (χ0) is 8.85. The summed E-state index contributed by atoms with van der Waals surface area (Å²) in [5.74, 6) is 0. The van der Waals surface area contributed by atoms with Crippen molar-refractivity contribution >= 4 is 0 Å². The van der Waals surface area contributed by atoms with Gasteiger partial charge in [-0.15, -0.1) is 0 Å². The predicted octanol–water partition coefficient (Wildman–Crippen LogP) is 2.58.